The van der Waals surface area contributed by atoms with Crippen LogP contribution in [-0.4, -0.2) is 41.6 Å². The van der Waals surface area contributed by atoms with E-state index >= 15 is 0 Å². The molecule has 1 aliphatic carbocycles. The van der Waals surface area contributed by atoms with E-state index in [-0.39, 0.29) is 27.7 Å². The molecule has 0 radical (unpaired) electrons. The van der Waals surface area contributed by atoms with Gasteiger partial charge < -0.3 is 5.32 Å². The smallest absolute Gasteiger partial charge is 0.317 e. The van der Waals surface area contributed by atoms with E-state index in [1.54, 1.807) is 24.4 Å². The van der Waals surface area contributed by atoms with Gasteiger partial charge in [0.2, 0.25) is 11.5 Å². The summed E-state index contributed by atoms with van der Waals surface area (Å²) in [5.41, 5.74) is 2.93. The molecule has 2 aliphatic heterocycles. The highest BCUT2D eigenvalue weighted by atomic mass is 35.5. The van der Waals surface area contributed by atoms with Crippen LogP contribution in [0.1, 0.15) is 55.5 Å². The quantitative estimate of drug-likeness (QED) is 0.763. The number of carbonyl (C=O) groups excluding carboxylic acids is 2. The number of allylic oxidation sites excluding steroid dienone is 2. The SMILES string of the molecule is Cc1cc(C(=O)[N+]2(C(C)C)N=CC3=C2C(=O)CC2(CCNCC2)C3)ccc1Cl. The van der Waals surface area contributed by atoms with E-state index in [2.05, 4.69) is 10.4 Å². The van der Waals surface area contributed by atoms with Gasteiger partial charge in [0.15, 0.2) is 0 Å². The van der Waals surface area contributed by atoms with Crippen molar-refractivity contribution in [2.24, 2.45) is 10.5 Å². The number of ketones is 1. The number of benzene rings is 1. The molecule has 3 aliphatic rings. The minimum Gasteiger partial charge on any atom is -0.317 e. The van der Waals surface area contributed by atoms with Crippen molar-refractivity contribution in [3.63, 3.8) is 0 Å². The summed E-state index contributed by atoms with van der Waals surface area (Å²) in [4.78, 5) is 27.0. The molecule has 1 N–H and O–H groups in total. The summed E-state index contributed by atoms with van der Waals surface area (Å²) in [6, 6.07) is 5.10. The zero-order valence-corrected chi connectivity index (χ0v) is 17.5. The number of amides is 1. The molecule has 1 fully saturated rings. The predicted octanol–water partition coefficient (Wildman–Crippen LogP) is 4.00. The number of nitrogens with one attached hydrogen (secondary N) is 1. The zero-order valence-electron chi connectivity index (χ0n) is 16.7. The van der Waals surface area contributed by atoms with Gasteiger partial charge in [-0.15, -0.1) is 0 Å². The van der Waals surface area contributed by atoms with E-state index < -0.39 is 0 Å². The Balaban J connectivity index is 1.78. The summed E-state index contributed by atoms with van der Waals surface area (Å²) in [6.45, 7) is 7.68. The molecule has 4 rings (SSSR count). The second-order valence-electron chi connectivity index (χ2n) is 8.69. The van der Waals surface area contributed by atoms with E-state index in [1.807, 2.05) is 20.8 Å². The standard InChI is InChI=1S/C22H27ClN3O2/c1-14(2)26(21(28)16-4-5-18(23)15(3)10-16)20-17(13-25-26)11-22(12-19(20)27)6-8-24-9-7-22/h4-5,10,13-14,24H,6-9,11-12H2,1-3H3/q+1. The predicted molar refractivity (Wildman–Crippen MR) is 110 cm³/mol. The van der Waals surface area contributed by atoms with Gasteiger partial charge in [-0.05, 0) is 82.3 Å². The van der Waals surface area contributed by atoms with E-state index in [0.717, 1.165) is 43.5 Å². The monoisotopic (exact) mass is 400 g/mol. The van der Waals surface area contributed by atoms with Gasteiger partial charge in [0.05, 0.1) is 11.8 Å². The van der Waals surface area contributed by atoms with Gasteiger partial charge in [-0.3, -0.25) is 4.79 Å². The van der Waals surface area contributed by atoms with Crippen LogP contribution in [0.4, 0.5) is 0 Å². The number of aryl methyl sites for hydroxylation is 1. The Labute approximate surface area is 171 Å². The minimum atomic E-state index is -0.260. The Morgan fingerprint density at radius 1 is 1.25 bits per heavy atom. The van der Waals surface area contributed by atoms with Gasteiger partial charge in [0.25, 0.3) is 0 Å². The van der Waals surface area contributed by atoms with E-state index in [1.165, 1.54) is 0 Å². The molecule has 5 nitrogen and oxygen atoms in total. The van der Waals surface area contributed by atoms with Crippen molar-refractivity contribution in [2.75, 3.05) is 13.1 Å². The molecule has 1 aromatic rings. The van der Waals surface area contributed by atoms with E-state index in [9.17, 15) is 9.59 Å². The molecule has 28 heavy (non-hydrogen) atoms. The minimum absolute atomic E-state index is 0.0179. The molecule has 1 amide bonds. The average Bonchev–Trinajstić information content (AvgIpc) is 3.04. The number of halogens is 1. The molecule has 1 saturated heterocycles. The van der Waals surface area contributed by atoms with Crippen LogP contribution < -0.4 is 5.32 Å². The highest BCUT2D eigenvalue weighted by molar-refractivity contribution is 6.31. The van der Waals surface area contributed by atoms with Crippen LogP contribution in [0, 0.1) is 12.3 Å². The highest BCUT2D eigenvalue weighted by Gasteiger charge is 2.56. The second-order valence-corrected chi connectivity index (χ2v) is 9.10. The van der Waals surface area contributed by atoms with E-state index in [0.29, 0.717) is 22.7 Å². The fourth-order valence-electron chi connectivity index (χ4n) is 4.95. The Morgan fingerprint density at radius 3 is 2.61 bits per heavy atom. The Hall–Kier alpha value is -1.82. The summed E-state index contributed by atoms with van der Waals surface area (Å²) < 4.78 is -0.260. The summed E-state index contributed by atoms with van der Waals surface area (Å²) in [7, 11) is 0. The molecular weight excluding hydrogens is 374 g/mol. The van der Waals surface area contributed by atoms with Gasteiger partial charge in [0, 0.05) is 17.0 Å². The maximum absolute atomic E-state index is 13.7. The first-order valence-corrected chi connectivity index (χ1v) is 10.4. The number of hydrogen-bond acceptors (Lipinski definition) is 4. The lowest BCUT2D eigenvalue weighted by atomic mass is 9.67. The molecule has 6 heteroatoms. The number of Topliss-reactive ketones (excluding diaryl/α,β-unsaturated/α-hetero) is 1. The largest absolute Gasteiger partial charge is 0.377 e. The molecule has 0 aromatic heterocycles. The van der Waals surface area contributed by atoms with Crippen LogP contribution >= 0.6 is 11.6 Å². The molecule has 0 saturated carbocycles. The molecule has 1 atom stereocenters. The molecule has 148 valence electrons. The number of hydrogen-bond donors (Lipinski definition) is 1. The van der Waals surface area contributed by atoms with Crippen molar-refractivity contribution in [3.05, 3.63) is 45.6 Å². The lowest BCUT2D eigenvalue weighted by Gasteiger charge is -2.41. The fraction of sp³-hybridized carbons (Fsp3) is 0.500. The summed E-state index contributed by atoms with van der Waals surface area (Å²) in [5, 5.41) is 8.70. The van der Waals surface area contributed by atoms with Crippen molar-refractivity contribution < 1.29 is 14.2 Å². The molecule has 1 spiro atoms. The van der Waals surface area contributed by atoms with Crippen LogP contribution in [0.3, 0.4) is 0 Å². The van der Waals surface area contributed by atoms with Crippen LogP contribution in [0.15, 0.2) is 34.6 Å². The number of quaternary nitrogens is 1. The molecule has 0 bridgehead atoms. The van der Waals surface area contributed by atoms with Crippen LogP contribution in [0.2, 0.25) is 5.02 Å². The highest BCUT2D eigenvalue weighted by Crippen LogP contribution is 2.48. The van der Waals surface area contributed by atoms with Gasteiger partial charge in [0.1, 0.15) is 6.04 Å². The number of nitrogens with zero attached hydrogens (tertiary/aromatic N) is 2. The van der Waals surface area contributed by atoms with Gasteiger partial charge >= 0.3 is 5.91 Å². The van der Waals surface area contributed by atoms with E-state index in [4.69, 9.17) is 11.6 Å². The molecular formula is C22H27ClN3O2+. The third-order valence-electron chi connectivity index (χ3n) is 6.53. The zero-order chi connectivity index (χ0) is 20.1. The first kappa shape index (κ1) is 19.5. The van der Waals surface area contributed by atoms with Gasteiger partial charge in [-0.25, -0.2) is 4.79 Å². The third kappa shape index (κ3) is 2.88. The molecule has 1 unspecified atom stereocenters. The number of piperidine rings is 1. The van der Waals surface area contributed by atoms with Gasteiger partial charge in [-0.1, -0.05) is 21.3 Å². The van der Waals surface area contributed by atoms with Crippen LogP contribution in [-0.2, 0) is 4.79 Å². The fourth-order valence-corrected chi connectivity index (χ4v) is 5.07. The van der Waals surface area contributed by atoms with Crippen molar-refractivity contribution >= 4 is 29.5 Å². The number of carbonyl (C=O) groups is 2. The van der Waals surface area contributed by atoms with Crippen molar-refractivity contribution in [2.45, 2.75) is 52.5 Å². The number of rotatable bonds is 2. The lowest BCUT2D eigenvalue weighted by Crippen LogP contribution is -2.54. The average molecular weight is 401 g/mol. The van der Waals surface area contributed by atoms with Crippen molar-refractivity contribution in [1.29, 1.82) is 0 Å². The maximum atomic E-state index is 13.7. The Bertz CT molecular complexity index is 912. The lowest BCUT2D eigenvalue weighted by molar-refractivity contribution is -0.833. The first-order valence-electron chi connectivity index (χ1n) is 10.0. The molecule has 1 aromatic carbocycles. The van der Waals surface area contributed by atoms with Crippen LogP contribution in [0.5, 0.6) is 0 Å². The first-order chi connectivity index (χ1) is 13.3. The second kappa shape index (κ2) is 6.90. The maximum Gasteiger partial charge on any atom is 0.377 e. The van der Waals surface area contributed by atoms with Gasteiger partial charge in [-0.2, -0.15) is 0 Å². The Morgan fingerprint density at radius 2 is 1.96 bits per heavy atom. The van der Waals surface area contributed by atoms with Crippen molar-refractivity contribution in [1.82, 2.24) is 5.32 Å². The topological polar surface area (TPSA) is 58.5 Å². The Kier molecular flexibility index (Phi) is 4.81. The van der Waals surface area contributed by atoms with Crippen LogP contribution in [0.25, 0.3) is 0 Å². The third-order valence-corrected chi connectivity index (χ3v) is 6.96. The normalized spacial score (nSPS) is 26.2. The summed E-state index contributed by atoms with van der Waals surface area (Å²) in [5.74, 6) is -0.0842. The van der Waals surface area contributed by atoms with Crippen molar-refractivity contribution in [3.8, 4) is 0 Å². The summed E-state index contributed by atoms with van der Waals surface area (Å²) in [6.07, 6.45) is 5.12. The summed E-state index contributed by atoms with van der Waals surface area (Å²) >= 11 is 6.14. The molecule has 2 heterocycles.